The lowest BCUT2D eigenvalue weighted by atomic mass is 10.1. The topological polar surface area (TPSA) is 103 Å². The van der Waals surface area contributed by atoms with Crippen LogP contribution in [0.15, 0.2) is 41.1 Å². The number of halogens is 1. The number of benzene rings is 1. The second-order valence-electron chi connectivity index (χ2n) is 4.04. The van der Waals surface area contributed by atoms with Crippen LogP contribution in [0.1, 0.15) is 5.56 Å². The molecule has 2 rings (SSSR count). The molecular weight excluding hydrogens is 344 g/mol. The van der Waals surface area contributed by atoms with Gasteiger partial charge in [0, 0.05) is 6.20 Å². The van der Waals surface area contributed by atoms with Gasteiger partial charge in [-0.05, 0) is 33.6 Å². The van der Waals surface area contributed by atoms with Gasteiger partial charge in [0.2, 0.25) is 5.75 Å². The van der Waals surface area contributed by atoms with E-state index in [2.05, 4.69) is 20.9 Å². The molecule has 0 saturated heterocycles. The zero-order chi connectivity index (χ0) is 15.4. The molecular formula is C13H9BrN2O5. The number of hydrogen-bond acceptors (Lipinski definition) is 5. The van der Waals surface area contributed by atoms with Gasteiger partial charge in [-0.1, -0.05) is 12.1 Å². The lowest BCUT2D eigenvalue weighted by Gasteiger charge is -2.08. The molecule has 0 aliphatic carbocycles. The molecule has 21 heavy (non-hydrogen) atoms. The number of ether oxygens (including phenoxy) is 1. The van der Waals surface area contributed by atoms with Crippen molar-refractivity contribution in [1.82, 2.24) is 4.98 Å². The molecule has 108 valence electrons. The normalized spacial score (nSPS) is 10.1. The number of pyridine rings is 1. The van der Waals surface area contributed by atoms with E-state index in [1.807, 2.05) is 0 Å². The molecule has 1 aromatic carbocycles. The number of aromatic nitrogens is 1. The van der Waals surface area contributed by atoms with Crippen molar-refractivity contribution in [3.8, 4) is 11.5 Å². The van der Waals surface area contributed by atoms with Crippen molar-refractivity contribution in [2.45, 2.75) is 6.42 Å². The van der Waals surface area contributed by atoms with Crippen LogP contribution in [-0.4, -0.2) is 21.0 Å². The maximum Gasteiger partial charge on any atom is 0.330 e. The summed E-state index contributed by atoms with van der Waals surface area (Å²) in [7, 11) is 0. The van der Waals surface area contributed by atoms with Gasteiger partial charge in [0.25, 0.3) is 0 Å². The van der Waals surface area contributed by atoms with Gasteiger partial charge in [-0.15, -0.1) is 0 Å². The van der Waals surface area contributed by atoms with Gasteiger partial charge in [0.15, 0.2) is 0 Å². The van der Waals surface area contributed by atoms with Crippen LogP contribution < -0.4 is 4.74 Å². The molecule has 0 bridgehead atoms. The Kier molecular flexibility index (Phi) is 4.49. The van der Waals surface area contributed by atoms with Crippen molar-refractivity contribution in [1.29, 1.82) is 0 Å². The maximum atomic E-state index is 10.9. The van der Waals surface area contributed by atoms with Crippen LogP contribution >= 0.6 is 15.9 Å². The monoisotopic (exact) mass is 352 g/mol. The molecule has 0 aliphatic heterocycles. The summed E-state index contributed by atoms with van der Waals surface area (Å²) in [5.74, 6) is -0.531. The van der Waals surface area contributed by atoms with E-state index in [1.54, 1.807) is 24.3 Å². The van der Waals surface area contributed by atoms with Crippen molar-refractivity contribution < 1.29 is 19.6 Å². The molecule has 0 aliphatic rings. The summed E-state index contributed by atoms with van der Waals surface area (Å²) in [5, 5.41) is 19.6. The third-order valence-corrected chi connectivity index (χ3v) is 3.09. The quantitative estimate of drug-likeness (QED) is 0.654. The third kappa shape index (κ3) is 3.76. The van der Waals surface area contributed by atoms with Gasteiger partial charge in [0.05, 0.1) is 15.8 Å². The number of nitrogens with zero attached hydrogens (tertiary/aromatic N) is 2. The fraction of sp³-hybridized carbons (Fsp3) is 0.0769. The lowest BCUT2D eigenvalue weighted by Crippen LogP contribution is -1.99. The minimum atomic E-state index is -0.934. The van der Waals surface area contributed by atoms with Gasteiger partial charge in [0.1, 0.15) is 11.9 Å². The highest BCUT2D eigenvalue weighted by atomic mass is 79.9. The number of rotatable bonds is 5. The van der Waals surface area contributed by atoms with Gasteiger partial charge in [-0.3, -0.25) is 19.9 Å². The van der Waals surface area contributed by atoms with E-state index in [0.29, 0.717) is 15.8 Å². The summed E-state index contributed by atoms with van der Waals surface area (Å²) in [6.45, 7) is 0. The molecule has 1 N–H and O–H groups in total. The summed E-state index contributed by atoms with van der Waals surface area (Å²) >= 11 is 3.15. The van der Waals surface area contributed by atoms with Crippen LogP contribution in [0.3, 0.4) is 0 Å². The van der Waals surface area contributed by atoms with Crippen LogP contribution in [0, 0.1) is 10.1 Å². The van der Waals surface area contributed by atoms with Crippen molar-refractivity contribution in [3.63, 3.8) is 0 Å². The predicted octanol–water partition coefficient (Wildman–Crippen LogP) is 3.17. The first-order valence-electron chi connectivity index (χ1n) is 5.74. The number of carboxylic acids is 1. The zero-order valence-corrected chi connectivity index (χ0v) is 12.1. The van der Waals surface area contributed by atoms with E-state index in [1.165, 1.54) is 6.20 Å². The highest BCUT2D eigenvalue weighted by Crippen LogP contribution is 2.37. The Balaban J connectivity index is 2.26. The smallest absolute Gasteiger partial charge is 0.330 e. The van der Waals surface area contributed by atoms with E-state index in [0.717, 1.165) is 6.20 Å². The maximum absolute atomic E-state index is 10.9. The Morgan fingerprint density at radius 1 is 1.33 bits per heavy atom. The van der Waals surface area contributed by atoms with E-state index in [9.17, 15) is 14.9 Å². The van der Waals surface area contributed by atoms with Gasteiger partial charge >= 0.3 is 11.7 Å². The summed E-state index contributed by atoms with van der Waals surface area (Å²) in [6, 6.07) is 6.28. The molecule has 0 atom stereocenters. The van der Waals surface area contributed by atoms with Crippen LogP contribution in [0.25, 0.3) is 0 Å². The number of carbonyl (C=O) groups is 1. The van der Waals surface area contributed by atoms with Crippen molar-refractivity contribution in [2.75, 3.05) is 0 Å². The molecule has 0 fully saturated rings. The minimum absolute atomic E-state index is 0.0426. The Bertz CT molecular complexity index is 687. The molecule has 0 spiro atoms. The molecule has 1 heterocycles. The van der Waals surface area contributed by atoms with Crippen molar-refractivity contribution in [3.05, 3.63) is 56.8 Å². The fourth-order valence-corrected chi connectivity index (χ4v) is 2.01. The first-order valence-corrected chi connectivity index (χ1v) is 6.53. The zero-order valence-electron chi connectivity index (χ0n) is 10.5. The van der Waals surface area contributed by atoms with E-state index >= 15 is 0 Å². The van der Waals surface area contributed by atoms with E-state index in [-0.39, 0.29) is 17.9 Å². The first-order chi connectivity index (χ1) is 9.97. The molecule has 0 amide bonds. The van der Waals surface area contributed by atoms with Crippen LogP contribution in [0.2, 0.25) is 0 Å². The highest BCUT2D eigenvalue weighted by Gasteiger charge is 2.19. The van der Waals surface area contributed by atoms with Crippen LogP contribution in [0.4, 0.5) is 5.69 Å². The van der Waals surface area contributed by atoms with Crippen LogP contribution in [0.5, 0.6) is 11.5 Å². The van der Waals surface area contributed by atoms with E-state index in [4.69, 9.17) is 9.84 Å². The summed E-state index contributed by atoms with van der Waals surface area (Å²) in [5.41, 5.74) is 0.345. The molecule has 0 unspecified atom stereocenters. The predicted molar refractivity (Wildman–Crippen MR) is 76.4 cm³/mol. The number of carboxylic acid groups (broad SMARTS) is 1. The highest BCUT2D eigenvalue weighted by molar-refractivity contribution is 9.10. The SMILES string of the molecule is O=C(O)Cc1ccc(Oc2c(Br)cncc2[N+](=O)[O-])cc1. The van der Waals surface area contributed by atoms with Gasteiger partial charge < -0.3 is 9.84 Å². The minimum Gasteiger partial charge on any atom is -0.481 e. The lowest BCUT2D eigenvalue weighted by molar-refractivity contribution is -0.386. The average molecular weight is 353 g/mol. The standard InChI is InChI=1S/C13H9BrN2O5/c14-10-6-15-7-11(16(19)20)13(10)21-9-3-1-8(2-4-9)5-12(17)18/h1-4,6-7H,5H2,(H,17,18). The molecule has 0 saturated carbocycles. The van der Waals surface area contributed by atoms with E-state index < -0.39 is 10.9 Å². The molecule has 1 aromatic heterocycles. The van der Waals surface area contributed by atoms with Gasteiger partial charge in [-0.2, -0.15) is 0 Å². The van der Waals surface area contributed by atoms with Gasteiger partial charge in [-0.25, -0.2) is 0 Å². The summed E-state index contributed by atoms with van der Waals surface area (Å²) in [4.78, 5) is 24.7. The fourth-order valence-electron chi connectivity index (χ4n) is 1.61. The number of hydrogen-bond donors (Lipinski definition) is 1. The largest absolute Gasteiger partial charge is 0.481 e. The molecule has 0 radical (unpaired) electrons. The third-order valence-electron chi connectivity index (χ3n) is 2.53. The molecule has 7 nitrogen and oxygen atoms in total. The average Bonchev–Trinajstić information content (AvgIpc) is 2.42. The first kappa shape index (κ1) is 14.9. The van der Waals surface area contributed by atoms with Crippen molar-refractivity contribution >= 4 is 27.6 Å². The molecule has 8 heteroatoms. The molecule has 2 aromatic rings. The second-order valence-corrected chi connectivity index (χ2v) is 4.90. The summed E-state index contributed by atoms with van der Waals surface area (Å²) < 4.78 is 5.84. The Morgan fingerprint density at radius 3 is 2.57 bits per heavy atom. The Hall–Kier alpha value is -2.48. The van der Waals surface area contributed by atoms with Crippen LogP contribution in [-0.2, 0) is 11.2 Å². The number of nitro groups is 1. The number of aliphatic carboxylic acids is 1. The Morgan fingerprint density at radius 2 is 2.00 bits per heavy atom. The van der Waals surface area contributed by atoms with Crippen molar-refractivity contribution in [2.24, 2.45) is 0 Å². The summed E-state index contributed by atoms with van der Waals surface area (Å²) in [6.07, 6.45) is 2.39. The Labute approximate surface area is 127 Å². The second kappa shape index (κ2) is 6.31.